The zero-order valence-corrected chi connectivity index (χ0v) is 15.7. The van der Waals surface area contributed by atoms with Gasteiger partial charge in [0.1, 0.15) is 0 Å². The first kappa shape index (κ1) is 19.4. The Labute approximate surface area is 150 Å². The van der Waals surface area contributed by atoms with E-state index in [1.165, 1.54) is 11.1 Å². The van der Waals surface area contributed by atoms with E-state index in [9.17, 15) is 9.59 Å². The van der Waals surface area contributed by atoms with Crippen LogP contribution >= 0.6 is 0 Å². The standard InChI is InChI=1S/C19H30N4O2/c1-14(2)21-19(25)18(24)20-13-17(16-7-5-15(3)6-8-16)23-11-9-22(4)10-12-23/h5-8,14,17H,9-13H2,1-4H3,(H,20,24)(H,21,25). The lowest BCUT2D eigenvalue weighted by atomic mass is 10.0. The van der Waals surface area contributed by atoms with Crippen molar-refractivity contribution in [2.75, 3.05) is 39.8 Å². The van der Waals surface area contributed by atoms with Gasteiger partial charge in [-0.15, -0.1) is 0 Å². The second-order valence-electron chi connectivity index (χ2n) is 7.10. The van der Waals surface area contributed by atoms with E-state index in [1.807, 2.05) is 13.8 Å². The molecule has 6 nitrogen and oxygen atoms in total. The molecule has 0 saturated carbocycles. The Hall–Kier alpha value is -1.92. The molecule has 2 amide bonds. The fourth-order valence-corrected chi connectivity index (χ4v) is 2.98. The van der Waals surface area contributed by atoms with E-state index < -0.39 is 11.8 Å². The molecule has 1 aromatic carbocycles. The number of amides is 2. The summed E-state index contributed by atoms with van der Waals surface area (Å²) < 4.78 is 0. The van der Waals surface area contributed by atoms with Gasteiger partial charge in [0.2, 0.25) is 0 Å². The Morgan fingerprint density at radius 1 is 1.04 bits per heavy atom. The van der Waals surface area contributed by atoms with Gasteiger partial charge in [0.05, 0.1) is 6.04 Å². The molecule has 0 aromatic heterocycles. The van der Waals surface area contributed by atoms with Crippen LogP contribution in [0.4, 0.5) is 0 Å². The van der Waals surface area contributed by atoms with Gasteiger partial charge in [-0.05, 0) is 33.4 Å². The molecule has 25 heavy (non-hydrogen) atoms. The highest BCUT2D eigenvalue weighted by atomic mass is 16.2. The van der Waals surface area contributed by atoms with Crippen LogP contribution in [0.15, 0.2) is 24.3 Å². The van der Waals surface area contributed by atoms with Crippen LogP contribution in [0.25, 0.3) is 0 Å². The maximum atomic E-state index is 12.1. The molecule has 1 fully saturated rings. The van der Waals surface area contributed by atoms with E-state index in [2.05, 4.69) is 58.7 Å². The maximum Gasteiger partial charge on any atom is 0.309 e. The minimum atomic E-state index is -0.573. The molecular formula is C19H30N4O2. The van der Waals surface area contributed by atoms with Gasteiger partial charge in [0.15, 0.2) is 0 Å². The first-order valence-corrected chi connectivity index (χ1v) is 8.94. The fourth-order valence-electron chi connectivity index (χ4n) is 2.98. The Kier molecular flexibility index (Phi) is 6.96. The molecule has 0 bridgehead atoms. The number of nitrogens with zero attached hydrogens (tertiary/aromatic N) is 2. The number of carbonyl (C=O) groups is 2. The zero-order valence-electron chi connectivity index (χ0n) is 15.7. The highest BCUT2D eigenvalue weighted by molar-refractivity contribution is 6.35. The molecule has 1 aromatic rings. The summed E-state index contributed by atoms with van der Waals surface area (Å²) >= 11 is 0. The monoisotopic (exact) mass is 346 g/mol. The van der Waals surface area contributed by atoms with Crippen LogP contribution in [0.2, 0.25) is 0 Å². The number of nitrogens with one attached hydrogen (secondary N) is 2. The van der Waals surface area contributed by atoms with Gasteiger partial charge >= 0.3 is 11.8 Å². The number of likely N-dealkylation sites (N-methyl/N-ethyl adjacent to an activating group) is 1. The van der Waals surface area contributed by atoms with Crippen LogP contribution in [0, 0.1) is 6.92 Å². The molecule has 0 radical (unpaired) electrons. The molecular weight excluding hydrogens is 316 g/mol. The maximum absolute atomic E-state index is 12.1. The van der Waals surface area contributed by atoms with E-state index in [0.717, 1.165) is 26.2 Å². The van der Waals surface area contributed by atoms with Crippen molar-refractivity contribution in [3.8, 4) is 0 Å². The van der Waals surface area contributed by atoms with Gasteiger partial charge in [0.25, 0.3) is 0 Å². The Morgan fingerprint density at radius 3 is 2.20 bits per heavy atom. The minimum absolute atomic E-state index is 0.0521. The molecule has 0 aliphatic carbocycles. The van der Waals surface area contributed by atoms with Crippen molar-refractivity contribution in [3.05, 3.63) is 35.4 Å². The van der Waals surface area contributed by atoms with Crippen molar-refractivity contribution >= 4 is 11.8 Å². The lowest BCUT2D eigenvalue weighted by molar-refractivity contribution is -0.139. The smallest absolute Gasteiger partial charge is 0.309 e. The molecule has 1 aliphatic heterocycles. The van der Waals surface area contributed by atoms with Gasteiger partial charge in [0, 0.05) is 38.8 Å². The number of rotatable bonds is 5. The van der Waals surface area contributed by atoms with Crippen LogP contribution in [0.1, 0.15) is 31.0 Å². The summed E-state index contributed by atoms with van der Waals surface area (Å²) in [5, 5.41) is 5.43. The highest BCUT2D eigenvalue weighted by Crippen LogP contribution is 2.22. The van der Waals surface area contributed by atoms with Crippen LogP contribution in [-0.2, 0) is 9.59 Å². The molecule has 138 valence electrons. The number of benzene rings is 1. The summed E-state index contributed by atoms with van der Waals surface area (Å²) in [5.74, 6) is -1.14. The number of hydrogen-bond acceptors (Lipinski definition) is 4. The molecule has 1 heterocycles. The third-order valence-electron chi connectivity index (χ3n) is 4.52. The molecule has 2 rings (SSSR count). The molecule has 0 spiro atoms. The lowest BCUT2D eigenvalue weighted by Gasteiger charge is -2.38. The number of carbonyl (C=O) groups excluding carboxylic acids is 2. The summed E-state index contributed by atoms with van der Waals surface area (Å²) in [4.78, 5) is 28.6. The quantitative estimate of drug-likeness (QED) is 0.779. The predicted molar refractivity (Wildman–Crippen MR) is 99.3 cm³/mol. The van der Waals surface area contributed by atoms with Gasteiger partial charge in [-0.1, -0.05) is 29.8 Å². The summed E-state index contributed by atoms with van der Waals surface area (Å²) in [5.41, 5.74) is 2.38. The zero-order chi connectivity index (χ0) is 18.4. The van der Waals surface area contributed by atoms with Crippen LogP contribution in [0.3, 0.4) is 0 Å². The number of hydrogen-bond donors (Lipinski definition) is 2. The van der Waals surface area contributed by atoms with E-state index in [1.54, 1.807) is 0 Å². The average Bonchev–Trinajstić information content (AvgIpc) is 2.57. The second-order valence-corrected chi connectivity index (χ2v) is 7.10. The third kappa shape index (κ3) is 5.83. The number of piperazine rings is 1. The first-order chi connectivity index (χ1) is 11.9. The normalized spacial score (nSPS) is 17.3. The number of aryl methyl sites for hydroxylation is 1. The van der Waals surface area contributed by atoms with Crippen LogP contribution in [-0.4, -0.2) is 67.4 Å². The van der Waals surface area contributed by atoms with Crippen molar-refractivity contribution in [3.63, 3.8) is 0 Å². The Bertz CT molecular complexity index is 578. The summed E-state index contributed by atoms with van der Waals surface area (Å²) in [7, 11) is 2.12. The van der Waals surface area contributed by atoms with E-state index in [0.29, 0.717) is 6.54 Å². The van der Waals surface area contributed by atoms with Crippen LogP contribution < -0.4 is 10.6 Å². The largest absolute Gasteiger partial charge is 0.346 e. The van der Waals surface area contributed by atoms with Crippen molar-refractivity contribution in [1.29, 1.82) is 0 Å². The SMILES string of the molecule is Cc1ccc(C(CNC(=O)C(=O)NC(C)C)N2CCN(C)CC2)cc1. The molecule has 6 heteroatoms. The third-order valence-corrected chi connectivity index (χ3v) is 4.52. The Balaban J connectivity index is 2.05. The van der Waals surface area contributed by atoms with Crippen molar-refractivity contribution in [1.82, 2.24) is 20.4 Å². The van der Waals surface area contributed by atoms with E-state index >= 15 is 0 Å². The minimum Gasteiger partial charge on any atom is -0.346 e. The van der Waals surface area contributed by atoms with Crippen molar-refractivity contribution in [2.45, 2.75) is 32.9 Å². The fraction of sp³-hybridized carbons (Fsp3) is 0.579. The molecule has 2 N–H and O–H groups in total. The van der Waals surface area contributed by atoms with Gasteiger partial charge in [-0.2, -0.15) is 0 Å². The predicted octanol–water partition coefficient (Wildman–Crippen LogP) is 0.924. The highest BCUT2D eigenvalue weighted by Gasteiger charge is 2.25. The van der Waals surface area contributed by atoms with Gasteiger partial charge in [-0.25, -0.2) is 0 Å². The first-order valence-electron chi connectivity index (χ1n) is 8.94. The summed E-state index contributed by atoms with van der Waals surface area (Å²) in [6.45, 7) is 10.1. The summed E-state index contributed by atoms with van der Waals surface area (Å²) in [6.07, 6.45) is 0. The van der Waals surface area contributed by atoms with Crippen molar-refractivity contribution in [2.24, 2.45) is 0 Å². The van der Waals surface area contributed by atoms with E-state index in [-0.39, 0.29) is 12.1 Å². The molecule has 1 atom stereocenters. The van der Waals surface area contributed by atoms with Crippen LogP contribution in [0.5, 0.6) is 0 Å². The topological polar surface area (TPSA) is 64.7 Å². The van der Waals surface area contributed by atoms with Gasteiger partial charge in [-0.3, -0.25) is 14.5 Å². The average molecular weight is 346 g/mol. The van der Waals surface area contributed by atoms with E-state index in [4.69, 9.17) is 0 Å². The summed E-state index contributed by atoms with van der Waals surface area (Å²) in [6, 6.07) is 8.42. The molecule has 1 saturated heterocycles. The lowest BCUT2D eigenvalue weighted by Crippen LogP contribution is -2.50. The van der Waals surface area contributed by atoms with Crippen molar-refractivity contribution < 1.29 is 9.59 Å². The molecule has 1 unspecified atom stereocenters. The van der Waals surface area contributed by atoms with Gasteiger partial charge < -0.3 is 15.5 Å². The molecule has 1 aliphatic rings. The second kappa shape index (κ2) is 8.97. The Morgan fingerprint density at radius 2 is 1.64 bits per heavy atom.